The van der Waals surface area contributed by atoms with E-state index in [-0.39, 0.29) is 5.54 Å². The van der Waals surface area contributed by atoms with Gasteiger partial charge in [-0.1, -0.05) is 0 Å². The number of fused-ring (bicyclic) bond motifs is 1. The van der Waals surface area contributed by atoms with Crippen molar-refractivity contribution in [2.24, 2.45) is 0 Å². The number of hydrogen-bond donors (Lipinski definition) is 1. The quantitative estimate of drug-likeness (QED) is 0.938. The maximum Gasteiger partial charge on any atom is 0.195 e. The molecule has 5 heteroatoms. The zero-order valence-corrected chi connectivity index (χ0v) is 13.6. The third-order valence-electron chi connectivity index (χ3n) is 4.08. The number of rotatable bonds is 4. The summed E-state index contributed by atoms with van der Waals surface area (Å²) >= 11 is 1.71. The van der Waals surface area contributed by atoms with Gasteiger partial charge in [0.15, 0.2) is 10.8 Å². The highest BCUT2D eigenvalue weighted by Crippen LogP contribution is 2.31. The van der Waals surface area contributed by atoms with Gasteiger partial charge in [0.2, 0.25) is 0 Å². The smallest absolute Gasteiger partial charge is 0.195 e. The molecule has 1 fully saturated rings. The van der Waals surface area contributed by atoms with Gasteiger partial charge < -0.3 is 10.2 Å². The summed E-state index contributed by atoms with van der Waals surface area (Å²) in [6.45, 7) is 7.46. The molecule has 0 bridgehead atoms. The van der Waals surface area contributed by atoms with E-state index in [1.165, 1.54) is 25.0 Å². The molecule has 0 spiro atoms. The molecule has 2 aromatic heterocycles. The predicted octanol–water partition coefficient (Wildman–Crippen LogP) is 3.27. The summed E-state index contributed by atoms with van der Waals surface area (Å²) in [5.41, 5.74) is 1.40. The Morgan fingerprint density at radius 1 is 1.45 bits per heavy atom. The molecular formula is C15H24N4S. The van der Waals surface area contributed by atoms with Crippen LogP contribution in [-0.4, -0.2) is 28.0 Å². The lowest BCUT2D eigenvalue weighted by molar-refractivity contribution is 0.396. The molecule has 0 unspecified atom stereocenters. The first-order chi connectivity index (χ1) is 9.46. The Hall–Kier alpha value is -1.07. The molecule has 2 heterocycles. The molecule has 0 aromatic carbocycles. The second kappa shape index (κ2) is 5.04. The first-order valence-corrected chi connectivity index (χ1v) is 8.26. The highest BCUT2D eigenvalue weighted by atomic mass is 32.1. The summed E-state index contributed by atoms with van der Waals surface area (Å²) in [5.74, 6) is 1.15. The van der Waals surface area contributed by atoms with Crippen LogP contribution in [0.3, 0.4) is 0 Å². The van der Waals surface area contributed by atoms with Crippen molar-refractivity contribution in [3.63, 3.8) is 0 Å². The van der Waals surface area contributed by atoms with Crippen LogP contribution in [0.4, 0.5) is 5.82 Å². The van der Waals surface area contributed by atoms with E-state index in [4.69, 9.17) is 4.98 Å². The number of nitrogens with one attached hydrogen (secondary N) is 1. The molecule has 4 nitrogen and oxygen atoms in total. The summed E-state index contributed by atoms with van der Waals surface area (Å²) in [6.07, 6.45) is 6.08. The average Bonchev–Trinajstić information content (AvgIpc) is 2.82. The van der Waals surface area contributed by atoms with E-state index in [1.807, 2.05) is 0 Å². The number of thiazole rings is 1. The molecule has 2 aromatic rings. The standard InChI is InChI=1S/C15H24N4S/c1-15(2,3)16-10-12-13(18(4)11-6-5-7-11)17-14-19(12)8-9-20-14/h8-9,11,16H,5-7,10H2,1-4H3. The van der Waals surface area contributed by atoms with Gasteiger partial charge in [0, 0.05) is 36.8 Å². The lowest BCUT2D eigenvalue weighted by atomic mass is 9.92. The Labute approximate surface area is 124 Å². The van der Waals surface area contributed by atoms with Crippen LogP contribution in [0.25, 0.3) is 4.96 Å². The summed E-state index contributed by atoms with van der Waals surface area (Å²) in [5, 5.41) is 5.70. The van der Waals surface area contributed by atoms with Crippen molar-refractivity contribution in [3.05, 3.63) is 17.3 Å². The van der Waals surface area contributed by atoms with Crippen LogP contribution in [0.5, 0.6) is 0 Å². The molecule has 1 N–H and O–H groups in total. The molecule has 3 rings (SSSR count). The van der Waals surface area contributed by atoms with Gasteiger partial charge in [0.1, 0.15) is 0 Å². The van der Waals surface area contributed by atoms with Gasteiger partial charge >= 0.3 is 0 Å². The molecule has 110 valence electrons. The van der Waals surface area contributed by atoms with Crippen LogP contribution in [0, 0.1) is 0 Å². The minimum absolute atomic E-state index is 0.118. The van der Waals surface area contributed by atoms with E-state index in [1.54, 1.807) is 11.3 Å². The van der Waals surface area contributed by atoms with E-state index in [0.717, 1.165) is 17.3 Å². The molecule has 1 saturated carbocycles. The van der Waals surface area contributed by atoms with E-state index in [0.29, 0.717) is 6.04 Å². The zero-order chi connectivity index (χ0) is 14.3. The average molecular weight is 292 g/mol. The predicted molar refractivity (Wildman–Crippen MR) is 85.7 cm³/mol. The van der Waals surface area contributed by atoms with Crippen LogP contribution in [-0.2, 0) is 6.54 Å². The van der Waals surface area contributed by atoms with E-state index >= 15 is 0 Å². The van der Waals surface area contributed by atoms with Gasteiger partial charge in [-0.25, -0.2) is 4.98 Å². The maximum atomic E-state index is 4.84. The van der Waals surface area contributed by atoms with Crippen molar-refractivity contribution in [1.29, 1.82) is 0 Å². The molecule has 0 aliphatic heterocycles. The highest BCUT2D eigenvalue weighted by molar-refractivity contribution is 7.15. The Morgan fingerprint density at radius 2 is 2.20 bits per heavy atom. The molecule has 0 saturated heterocycles. The Bertz CT molecular complexity index is 589. The number of aromatic nitrogens is 2. The third-order valence-corrected chi connectivity index (χ3v) is 4.84. The van der Waals surface area contributed by atoms with Crippen molar-refractivity contribution >= 4 is 22.1 Å². The fraction of sp³-hybridized carbons (Fsp3) is 0.667. The summed E-state index contributed by atoms with van der Waals surface area (Å²) in [4.78, 5) is 8.32. The molecule has 1 aliphatic carbocycles. The zero-order valence-electron chi connectivity index (χ0n) is 12.8. The lowest BCUT2D eigenvalue weighted by Gasteiger charge is -2.35. The Balaban J connectivity index is 1.91. The fourth-order valence-electron chi connectivity index (χ4n) is 2.56. The maximum absolute atomic E-state index is 4.84. The van der Waals surface area contributed by atoms with Gasteiger partial charge in [-0.2, -0.15) is 0 Å². The first-order valence-electron chi connectivity index (χ1n) is 7.38. The summed E-state index contributed by atoms with van der Waals surface area (Å²) in [7, 11) is 2.19. The van der Waals surface area contributed by atoms with Gasteiger partial charge in [0.25, 0.3) is 0 Å². The summed E-state index contributed by atoms with van der Waals surface area (Å²) < 4.78 is 2.23. The Kier molecular flexibility index (Phi) is 3.50. The van der Waals surface area contributed by atoms with Gasteiger partial charge in [-0.05, 0) is 40.0 Å². The largest absolute Gasteiger partial charge is 0.355 e. The third kappa shape index (κ3) is 2.56. The molecule has 0 radical (unpaired) electrons. The monoisotopic (exact) mass is 292 g/mol. The highest BCUT2D eigenvalue weighted by Gasteiger charge is 2.27. The molecule has 0 atom stereocenters. The van der Waals surface area contributed by atoms with E-state index in [9.17, 15) is 0 Å². The number of imidazole rings is 1. The number of hydrogen-bond acceptors (Lipinski definition) is 4. The van der Waals surface area contributed by atoms with Crippen LogP contribution in [0.1, 0.15) is 45.7 Å². The van der Waals surface area contributed by atoms with Gasteiger partial charge in [-0.3, -0.25) is 4.40 Å². The second-order valence-electron chi connectivity index (χ2n) is 6.74. The second-order valence-corrected chi connectivity index (χ2v) is 7.61. The van der Waals surface area contributed by atoms with Crippen LogP contribution >= 0.6 is 11.3 Å². The van der Waals surface area contributed by atoms with Crippen LogP contribution in [0.15, 0.2) is 11.6 Å². The molecular weight excluding hydrogens is 268 g/mol. The lowest BCUT2D eigenvalue weighted by Crippen LogP contribution is -2.39. The Morgan fingerprint density at radius 3 is 2.80 bits per heavy atom. The van der Waals surface area contributed by atoms with E-state index < -0.39 is 0 Å². The number of nitrogens with zero attached hydrogens (tertiary/aromatic N) is 3. The van der Waals surface area contributed by atoms with Crippen molar-refractivity contribution in [2.45, 2.75) is 58.2 Å². The van der Waals surface area contributed by atoms with Gasteiger partial charge in [0.05, 0.1) is 5.69 Å². The van der Waals surface area contributed by atoms with Crippen molar-refractivity contribution in [1.82, 2.24) is 14.7 Å². The van der Waals surface area contributed by atoms with E-state index in [2.05, 4.69) is 54.0 Å². The molecule has 20 heavy (non-hydrogen) atoms. The van der Waals surface area contributed by atoms with Gasteiger partial charge in [-0.15, -0.1) is 11.3 Å². The minimum Gasteiger partial charge on any atom is -0.355 e. The molecule has 0 amide bonds. The van der Waals surface area contributed by atoms with Crippen molar-refractivity contribution in [3.8, 4) is 0 Å². The van der Waals surface area contributed by atoms with Crippen LogP contribution < -0.4 is 10.2 Å². The van der Waals surface area contributed by atoms with Crippen LogP contribution in [0.2, 0.25) is 0 Å². The van der Waals surface area contributed by atoms with Crippen molar-refractivity contribution < 1.29 is 0 Å². The topological polar surface area (TPSA) is 32.6 Å². The normalized spacial score (nSPS) is 16.6. The first kappa shape index (κ1) is 13.9. The molecule has 1 aliphatic rings. The van der Waals surface area contributed by atoms with Crippen molar-refractivity contribution in [2.75, 3.05) is 11.9 Å². The summed E-state index contributed by atoms with van der Waals surface area (Å²) in [6, 6.07) is 0.674. The SMILES string of the molecule is CN(c1nc2sccn2c1CNC(C)(C)C)C1CCC1. The fourth-order valence-corrected chi connectivity index (χ4v) is 3.29. The number of anilines is 1. The minimum atomic E-state index is 0.118.